The summed E-state index contributed by atoms with van der Waals surface area (Å²) in [7, 11) is 0. The quantitative estimate of drug-likeness (QED) is 0.545. The summed E-state index contributed by atoms with van der Waals surface area (Å²) in [6, 6.07) is 0. The van der Waals surface area contributed by atoms with Gasteiger partial charge in [0.15, 0.2) is 5.65 Å². The SMILES string of the molecule is [NH4+].[O-]c1ncnc2[nH]ncc12. The normalized spacial score (nSPS) is 9.45. The Balaban J connectivity index is 0.000000605. The fraction of sp³-hybridized carbons (Fsp3) is 0. The van der Waals surface area contributed by atoms with Gasteiger partial charge in [0.05, 0.1) is 6.20 Å². The van der Waals surface area contributed by atoms with E-state index in [1.54, 1.807) is 0 Å². The molecule has 58 valence electrons. The van der Waals surface area contributed by atoms with Crippen molar-refractivity contribution in [2.75, 3.05) is 0 Å². The van der Waals surface area contributed by atoms with Crippen LogP contribution in [0.15, 0.2) is 12.5 Å². The fourth-order valence-electron chi connectivity index (χ4n) is 0.743. The topological polar surface area (TPSA) is 114 Å². The summed E-state index contributed by atoms with van der Waals surface area (Å²) in [6.45, 7) is 0. The smallest absolute Gasteiger partial charge is 0.157 e. The largest absolute Gasteiger partial charge is 0.858 e. The minimum atomic E-state index is -0.293. The molecule has 0 radical (unpaired) electrons. The molecule has 6 heteroatoms. The number of aromatic nitrogens is 4. The van der Waals surface area contributed by atoms with Gasteiger partial charge < -0.3 is 11.3 Å². The summed E-state index contributed by atoms with van der Waals surface area (Å²) in [6.07, 6.45) is 2.63. The predicted molar refractivity (Wildman–Crippen MR) is 37.1 cm³/mol. The van der Waals surface area contributed by atoms with Crippen LogP contribution in [-0.2, 0) is 0 Å². The first-order valence-electron chi connectivity index (χ1n) is 2.69. The van der Waals surface area contributed by atoms with E-state index >= 15 is 0 Å². The summed E-state index contributed by atoms with van der Waals surface area (Å²) < 4.78 is 0. The lowest BCUT2D eigenvalue weighted by Gasteiger charge is -2.00. The van der Waals surface area contributed by atoms with Crippen molar-refractivity contribution in [1.82, 2.24) is 26.3 Å². The number of rotatable bonds is 0. The highest BCUT2D eigenvalue weighted by molar-refractivity contribution is 5.77. The van der Waals surface area contributed by atoms with Crippen LogP contribution < -0.4 is 11.3 Å². The second-order valence-corrected chi connectivity index (χ2v) is 1.81. The number of H-pyrrole nitrogens is 1. The Morgan fingerprint density at radius 3 is 2.91 bits per heavy atom. The van der Waals surface area contributed by atoms with Gasteiger partial charge in [-0.05, 0) is 0 Å². The van der Waals surface area contributed by atoms with E-state index < -0.39 is 0 Å². The van der Waals surface area contributed by atoms with E-state index in [-0.39, 0.29) is 12.0 Å². The molecule has 0 aliphatic heterocycles. The van der Waals surface area contributed by atoms with Gasteiger partial charge in [-0.3, -0.25) is 10.1 Å². The van der Waals surface area contributed by atoms with Crippen LogP contribution in [0.3, 0.4) is 0 Å². The zero-order valence-electron chi connectivity index (χ0n) is 5.90. The lowest BCUT2D eigenvalue weighted by Crippen LogP contribution is -1.94. The summed E-state index contributed by atoms with van der Waals surface area (Å²) in [5, 5.41) is 17.5. The van der Waals surface area contributed by atoms with Crippen molar-refractivity contribution in [3.63, 3.8) is 0 Å². The second-order valence-electron chi connectivity index (χ2n) is 1.81. The van der Waals surface area contributed by atoms with Gasteiger partial charge in [0.1, 0.15) is 6.33 Å². The Bertz CT molecular complexity index is 356. The van der Waals surface area contributed by atoms with Gasteiger partial charge in [-0.15, -0.1) is 0 Å². The standard InChI is InChI=1S/C5H4N4O.H3N/c10-5-3-1-8-9-4(3)6-2-7-5;/h1-2H,(H2,6,7,8,9,10);1H3. The molecule has 5 N–H and O–H groups in total. The molecule has 0 fully saturated rings. The molecule has 2 aromatic rings. The number of nitrogens with one attached hydrogen (secondary N) is 1. The monoisotopic (exact) mass is 153 g/mol. The number of hydrogen-bond acceptors (Lipinski definition) is 4. The van der Waals surface area contributed by atoms with Gasteiger partial charge in [0.2, 0.25) is 0 Å². The maximum atomic E-state index is 10.8. The van der Waals surface area contributed by atoms with Crippen LogP contribution in [0.4, 0.5) is 0 Å². The van der Waals surface area contributed by atoms with Crippen LogP contribution in [-0.4, -0.2) is 20.2 Å². The van der Waals surface area contributed by atoms with Crippen molar-refractivity contribution >= 4 is 11.0 Å². The van der Waals surface area contributed by atoms with Crippen molar-refractivity contribution < 1.29 is 5.11 Å². The Morgan fingerprint density at radius 1 is 1.36 bits per heavy atom. The third-order valence-electron chi connectivity index (χ3n) is 1.21. The van der Waals surface area contributed by atoms with Crippen LogP contribution in [0.2, 0.25) is 0 Å². The highest BCUT2D eigenvalue weighted by Gasteiger charge is 1.94. The number of fused-ring (bicyclic) bond motifs is 1. The molecule has 2 rings (SSSR count). The van der Waals surface area contributed by atoms with E-state index in [1.807, 2.05) is 0 Å². The first-order chi connectivity index (χ1) is 4.88. The molecule has 2 aromatic heterocycles. The predicted octanol–water partition coefficient (Wildman–Crippen LogP) is -0.197. The van der Waals surface area contributed by atoms with Crippen molar-refractivity contribution in [1.29, 1.82) is 0 Å². The van der Waals surface area contributed by atoms with Gasteiger partial charge in [-0.1, -0.05) is 0 Å². The Labute approximate surface area is 61.9 Å². The molecule has 0 atom stereocenters. The van der Waals surface area contributed by atoms with Crippen LogP contribution in [0.25, 0.3) is 11.0 Å². The zero-order chi connectivity index (χ0) is 6.97. The minimum absolute atomic E-state index is 0. The molecular weight excluding hydrogens is 146 g/mol. The van der Waals surface area contributed by atoms with Crippen LogP contribution in [0.1, 0.15) is 0 Å². The average molecular weight is 153 g/mol. The molecule has 0 amide bonds. The van der Waals surface area contributed by atoms with Crippen molar-refractivity contribution in [3.8, 4) is 5.88 Å². The maximum Gasteiger partial charge on any atom is 0.157 e. The fourth-order valence-corrected chi connectivity index (χ4v) is 0.743. The highest BCUT2D eigenvalue weighted by atomic mass is 16.3. The molecule has 0 aromatic carbocycles. The Morgan fingerprint density at radius 2 is 2.18 bits per heavy atom. The molecule has 0 saturated heterocycles. The summed E-state index contributed by atoms with van der Waals surface area (Å²) in [4.78, 5) is 7.23. The van der Waals surface area contributed by atoms with Gasteiger partial charge in [0, 0.05) is 11.3 Å². The van der Waals surface area contributed by atoms with Crippen LogP contribution >= 0.6 is 0 Å². The molecule has 0 spiro atoms. The minimum Gasteiger partial charge on any atom is -0.858 e. The van der Waals surface area contributed by atoms with E-state index in [2.05, 4.69) is 20.2 Å². The molecule has 2 heterocycles. The average Bonchev–Trinajstić information content (AvgIpc) is 2.36. The summed E-state index contributed by atoms with van der Waals surface area (Å²) >= 11 is 0. The van der Waals surface area contributed by atoms with Crippen molar-refractivity contribution in [2.24, 2.45) is 0 Å². The molecule has 0 aliphatic rings. The van der Waals surface area contributed by atoms with Crippen molar-refractivity contribution in [3.05, 3.63) is 12.5 Å². The van der Waals surface area contributed by atoms with E-state index in [4.69, 9.17) is 0 Å². The van der Waals surface area contributed by atoms with E-state index in [0.717, 1.165) is 0 Å². The van der Waals surface area contributed by atoms with Gasteiger partial charge >= 0.3 is 0 Å². The molecule has 11 heavy (non-hydrogen) atoms. The maximum absolute atomic E-state index is 10.8. The molecule has 0 unspecified atom stereocenters. The lowest BCUT2D eigenvalue weighted by atomic mass is 10.4. The van der Waals surface area contributed by atoms with Gasteiger partial charge in [0.25, 0.3) is 0 Å². The summed E-state index contributed by atoms with van der Waals surface area (Å²) in [5.74, 6) is -0.293. The van der Waals surface area contributed by atoms with E-state index in [1.165, 1.54) is 12.5 Å². The molecular formula is C5H7N5O. The molecule has 0 aliphatic carbocycles. The van der Waals surface area contributed by atoms with Gasteiger partial charge in [-0.2, -0.15) is 5.10 Å². The first kappa shape index (κ1) is 7.42. The molecule has 6 nitrogen and oxygen atoms in total. The first-order valence-corrected chi connectivity index (χ1v) is 2.69. The molecule has 0 bridgehead atoms. The third-order valence-corrected chi connectivity index (χ3v) is 1.21. The highest BCUT2D eigenvalue weighted by Crippen LogP contribution is 2.12. The second kappa shape index (κ2) is 2.51. The summed E-state index contributed by atoms with van der Waals surface area (Å²) in [5.41, 5.74) is 0.486. The van der Waals surface area contributed by atoms with Crippen LogP contribution in [0, 0.1) is 0 Å². The number of quaternary nitrogens is 1. The zero-order valence-corrected chi connectivity index (χ0v) is 5.90. The van der Waals surface area contributed by atoms with Gasteiger partial charge in [-0.25, -0.2) is 4.98 Å². The number of aromatic amines is 1. The van der Waals surface area contributed by atoms with Crippen molar-refractivity contribution in [2.45, 2.75) is 0 Å². The Kier molecular flexibility index (Phi) is 1.69. The number of nitrogens with zero attached hydrogens (tertiary/aromatic N) is 3. The van der Waals surface area contributed by atoms with E-state index in [0.29, 0.717) is 11.0 Å². The van der Waals surface area contributed by atoms with E-state index in [9.17, 15) is 5.11 Å². The Hall–Kier alpha value is -1.69. The lowest BCUT2D eigenvalue weighted by molar-refractivity contribution is -0.272. The third kappa shape index (κ3) is 0.987. The number of hydrogen-bond donors (Lipinski definition) is 2. The van der Waals surface area contributed by atoms with Crippen LogP contribution in [0.5, 0.6) is 5.88 Å². The molecule has 0 saturated carbocycles.